The first kappa shape index (κ1) is 25.1. The van der Waals surface area contributed by atoms with E-state index in [1.165, 1.54) is 11.1 Å². The van der Waals surface area contributed by atoms with Crippen LogP contribution in [0, 0.1) is 16.7 Å². The average molecular weight is 532 g/mol. The molecule has 1 saturated heterocycles. The standard InChI is InChI=1S/C36H38NOP/c1-34(2,3)33-36-25-35(26-36,28-18-10-5-11-19-28)32(27-16-8-4-9-17-27)31(36)24-37(33)39(38,29-20-12-6-13-21-29)30-22-14-7-15-23-30/h4-23,31-33H,24-26H2,1-3H3. The second-order valence-corrected chi connectivity index (χ2v) is 15.9. The van der Waals surface area contributed by atoms with Crippen LogP contribution in [0.3, 0.4) is 0 Å². The maximum Gasteiger partial charge on any atom is 0.207 e. The van der Waals surface area contributed by atoms with Crippen molar-refractivity contribution in [3.05, 3.63) is 132 Å². The summed E-state index contributed by atoms with van der Waals surface area (Å²) in [4.78, 5) is 0. The minimum Gasteiger partial charge on any atom is -0.296 e. The minimum absolute atomic E-state index is 0.0254. The van der Waals surface area contributed by atoms with E-state index >= 15 is 4.57 Å². The maximum absolute atomic E-state index is 15.8. The van der Waals surface area contributed by atoms with Crippen LogP contribution in [0.25, 0.3) is 0 Å². The van der Waals surface area contributed by atoms with Crippen molar-refractivity contribution in [2.24, 2.45) is 16.7 Å². The lowest BCUT2D eigenvalue weighted by Gasteiger charge is -2.57. The first-order valence-corrected chi connectivity index (χ1v) is 16.1. The van der Waals surface area contributed by atoms with Crippen LogP contribution in [0.5, 0.6) is 0 Å². The molecule has 4 fully saturated rings. The molecular formula is C36H38NOP. The van der Waals surface area contributed by atoms with E-state index in [2.05, 4.69) is 110 Å². The summed E-state index contributed by atoms with van der Waals surface area (Å²) in [6.45, 7) is 7.98. The van der Waals surface area contributed by atoms with Gasteiger partial charge in [0.1, 0.15) is 0 Å². The summed E-state index contributed by atoms with van der Waals surface area (Å²) in [6.07, 6.45) is 2.33. The average Bonchev–Trinajstić information content (AvgIpc) is 3.53. The molecule has 3 aliphatic carbocycles. The molecule has 3 heteroatoms. The third kappa shape index (κ3) is 3.47. The Kier molecular flexibility index (Phi) is 5.65. The van der Waals surface area contributed by atoms with Crippen LogP contribution in [-0.4, -0.2) is 17.3 Å². The van der Waals surface area contributed by atoms with Crippen molar-refractivity contribution in [2.45, 2.75) is 51.0 Å². The quantitative estimate of drug-likeness (QED) is 0.245. The molecule has 3 unspecified atom stereocenters. The Balaban J connectivity index is 1.43. The fraction of sp³-hybridized carbons (Fsp3) is 0.333. The molecule has 0 N–H and O–H groups in total. The van der Waals surface area contributed by atoms with Crippen LogP contribution < -0.4 is 10.6 Å². The Labute approximate surface area is 233 Å². The van der Waals surface area contributed by atoms with Gasteiger partial charge < -0.3 is 0 Å². The molecule has 4 aliphatic rings. The van der Waals surface area contributed by atoms with Gasteiger partial charge in [-0.05, 0) is 70.9 Å². The molecule has 3 atom stereocenters. The molecule has 4 aromatic carbocycles. The Morgan fingerprint density at radius 2 is 1.15 bits per heavy atom. The van der Waals surface area contributed by atoms with Gasteiger partial charge in [0.05, 0.1) is 0 Å². The summed E-state index contributed by atoms with van der Waals surface area (Å²) in [5.41, 5.74) is 3.17. The molecule has 0 radical (unpaired) electrons. The van der Waals surface area contributed by atoms with Crippen molar-refractivity contribution < 1.29 is 4.57 Å². The van der Waals surface area contributed by atoms with Crippen LogP contribution in [0.2, 0.25) is 0 Å². The Bertz CT molecular complexity index is 1460. The lowest BCUT2D eigenvalue weighted by molar-refractivity contribution is 0.00206. The van der Waals surface area contributed by atoms with E-state index in [0.29, 0.717) is 11.8 Å². The topological polar surface area (TPSA) is 20.3 Å². The monoisotopic (exact) mass is 531 g/mol. The molecule has 1 heterocycles. The molecule has 3 saturated carbocycles. The fourth-order valence-corrected chi connectivity index (χ4v) is 12.6. The lowest BCUT2D eigenvalue weighted by Crippen LogP contribution is -2.56. The van der Waals surface area contributed by atoms with Crippen molar-refractivity contribution in [2.75, 3.05) is 6.54 Å². The van der Waals surface area contributed by atoms with Gasteiger partial charge in [-0.1, -0.05) is 118 Å². The Morgan fingerprint density at radius 3 is 1.64 bits per heavy atom. The highest BCUT2D eigenvalue weighted by Crippen LogP contribution is 2.82. The Morgan fingerprint density at radius 1 is 0.692 bits per heavy atom. The third-order valence-electron chi connectivity index (χ3n) is 10.2. The molecule has 8 rings (SSSR count). The normalized spacial score (nSPS) is 30.1. The van der Waals surface area contributed by atoms with Gasteiger partial charge in [-0.2, -0.15) is 0 Å². The Hall–Kier alpha value is -2.93. The van der Waals surface area contributed by atoms with Gasteiger partial charge in [-0.15, -0.1) is 0 Å². The number of benzene rings is 4. The summed E-state index contributed by atoms with van der Waals surface area (Å²) in [5, 5.41) is 1.90. The van der Waals surface area contributed by atoms with Gasteiger partial charge in [0.2, 0.25) is 7.29 Å². The van der Waals surface area contributed by atoms with E-state index in [1.807, 2.05) is 36.4 Å². The van der Waals surface area contributed by atoms with E-state index in [4.69, 9.17) is 0 Å². The molecule has 2 bridgehead atoms. The van der Waals surface area contributed by atoms with Gasteiger partial charge >= 0.3 is 0 Å². The van der Waals surface area contributed by atoms with E-state index < -0.39 is 7.29 Å². The predicted molar refractivity (Wildman–Crippen MR) is 162 cm³/mol. The maximum atomic E-state index is 15.8. The molecule has 2 nitrogen and oxygen atoms in total. The van der Waals surface area contributed by atoms with Gasteiger partial charge in [0.15, 0.2) is 0 Å². The van der Waals surface area contributed by atoms with Gasteiger partial charge in [-0.25, -0.2) is 4.67 Å². The summed E-state index contributed by atoms with van der Waals surface area (Å²) in [6, 6.07) is 43.3. The lowest BCUT2D eigenvalue weighted by atomic mass is 9.51. The van der Waals surface area contributed by atoms with E-state index in [1.54, 1.807) is 0 Å². The van der Waals surface area contributed by atoms with Crippen molar-refractivity contribution >= 4 is 17.9 Å². The van der Waals surface area contributed by atoms with Crippen LogP contribution in [0.4, 0.5) is 0 Å². The molecule has 1 aliphatic heterocycles. The van der Waals surface area contributed by atoms with E-state index in [-0.39, 0.29) is 22.3 Å². The molecule has 0 aromatic heterocycles. The molecule has 1 spiro atoms. The van der Waals surface area contributed by atoms with Gasteiger partial charge in [0.25, 0.3) is 0 Å². The highest BCUT2D eigenvalue weighted by atomic mass is 31.2. The van der Waals surface area contributed by atoms with Crippen molar-refractivity contribution in [3.63, 3.8) is 0 Å². The molecule has 198 valence electrons. The summed E-state index contributed by atoms with van der Waals surface area (Å²) in [5.74, 6) is 0.862. The molecule has 0 amide bonds. The molecule has 39 heavy (non-hydrogen) atoms. The zero-order chi connectivity index (χ0) is 26.9. The predicted octanol–water partition coefficient (Wildman–Crippen LogP) is 7.78. The van der Waals surface area contributed by atoms with Crippen LogP contribution in [-0.2, 0) is 9.98 Å². The number of rotatable bonds is 5. The van der Waals surface area contributed by atoms with Gasteiger partial charge in [0, 0.05) is 28.6 Å². The second kappa shape index (κ2) is 8.79. The first-order chi connectivity index (χ1) is 18.8. The zero-order valence-corrected chi connectivity index (χ0v) is 24.1. The summed E-state index contributed by atoms with van der Waals surface area (Å²) < 4.78 is 18.3. The molecule has 4 aromatic rings. The highest BCUT2D eigenvalue weighted by Gasteiger charge is 2.79. The largest absolute Gasteiger partial charge is 0.296 e. The van der Waals surface area contributed by atoms with Crippen molar-refractivity contribution in [1.29, 1.82) is 0 Å². The summed E-state index contributed by atoms with van der Waals surface area (Å²) >= 11 is 0. The number of hydrogen-bond acceptors (Lipinski definition) is 1. The summed E-state index contributed by atoms with van der Waals surface area (Å²) in [7, 11) is -3.08. The number of hydrogen-bond donors (Lipinski definition) is 0. The highest BCUT2D eigenvalue weighted by molar-refractivity contribution is 7.76. The minimum atomic E-state index is -3.08. The van der Waals surface area contributed by atoms with E-state index in [9.17, 15) is 0 Å². The van der Waals surface area contributed by atoms with Gasteiger partial charge in [-0.3, -0.25) is 4.57 Å². The van der Waals surface area contributed by atoms with Crippen LogP contribution in [0.1, 0.15) is 50.7 Å². The van der Waals surface area contributed by atoms with Crippen LogP contribution >= 0.6 is 7.29 Å². The zero-order valence-electron chi connectivity index (χ0n) is 23.2. The van der Waals surface area contributed by atoms with Crippen molar-refractivity contribution in [1.82, 2.24) is 4.67 Å². The van der Waals surface area contributed by atoms with E-state index in [0.717, 1.165) is 30.0 Å². The second-order valence-electron chi connectivity index (χ2n) is 13.2. The smallest absolute Gasteiger partial charge is 0.207 e. The molecular weight excluding hydrogens is 493 g/mol. The SMILES string of the molecule is CC(C)(C)C1N(P(=O)(c2ccccc2)c2ccccc2)CC2C(c3ccccc3)C3(c4ccccc4)CC21C3. The van der Waals surface area contributed by atoms with Crippen molar-refractivity contribution in [3.8, 4) is 0 Å². The first-order valence-electron chi connectivity index (χ1n) is 14.4. The number of nitrogens with zero attached hydrogens (tertiary/aromatic N) is 1. The third-order valence-corrected chi connectivity index (χ3v) is 13.3. The van der Waals surface area contributed by atoms with Crippen LogP contribution in [0.15, 0.2) is 121 Å². The fourth-order valence-electron chi connectivity index (χ4n) is 9.27.